The molecule has 0 saturated carbocycles. The van der Waals surface area contributed by atoms with E-state index in [4.69, 9.17) is 4.74 Å². The highest BCUT2D eigenvalue weighted by Crippen LogP contribution is 2.26. The molecular formula is C9H7NO2S. The number of nitrogens with zero attached hydrogens (tertiary/aromatic N) is 1. The quantitative estimate of drug-likeness (QED) is 0.515. The highest BCUT2D eigenvalue weighted by Gasteiger charge is 2.05. The number of hydrogen-bond donors (Lipinski definition) is 0. The molecule has 0 atom stereocenters. The van der Waals surface area contributed by atoms with Crippen LogP contribution in [0.2, 0.25) is 0 Å². The summed E-state index contributed by atoms with van der Waals surface area (Å²) in [5, 5.41) is 2.76. The van der Waals surface area contributed by atoms with Crippen molar-refractivity contribution in [2.45, 2.75) is 6.92 Å². The third-order valence-electron chi connectivity index (χ3n) is 1.62. The van der Waals surface area contributed by atoms with Gasteiger partial charge in [0.25, 0.3) is 0 Å². The number of hydrogen-bond acceptors (Lipinski definition) is 4. The van der Waals surface area contributed by atoms with Gasteiger partial charge < -0.3 is 4.74 Å². The lowest BCUT2D eigenvalue weighted by Crippen LogP contribution is -2.01. The van der Waals surface area contributed by atoms with Crippen molar-refractivity contribution in [3.63, 3.8) is 0 Å². The van der Waals surface area contributed by atoms with E-state index in [1.807, 2.05) is 17.5 Å². The molecule has 2 aromatic rings. The van der Waals surface area contributed by atoms with E-state index in [-0.39, 0.29) is 5.97 Å². The van der Waals surface area contributed by atoms with E-state index in [1.54, 1.807) is 6.07 Å². The van der Waals surface area contributed by atoms with Gasteiger partial charge in [0, 0.05) is 12.3 Å². The molecule has 13 heavy (non-hydrogen) atoms. The summed E-state index contributed by atoms with van der Waals surface area (Å²) in [6, 6.07) is 5.47. The lowest BCUT2D eigenvalue weighted by molar-refractivity contribution is -0.131. The van der Waals surface area contributed by atoms with Crippen molar-refractivity contribution >= 4 is 28.4 Å². The van der Waals surface area contributed by atoms with Crippen LogP contribution in [0.3, 0.4) is 0 Å². The number of carbonyl (C=O) groups is 1. The van der Waals surface area contributed by atoms with Crippen molar-refractivity contribution in [1.29, 1.82) is 0 Å². The highest BCUT2D eigenvalue weighted by molar-refractivity contribution is 7.04. The van der Waals surface area contributed by atoms with Gasteiger partial charge in [0.2, 0.25) is 0 Å². The van der Waals surface area contributed by atoms with Crippen molar-refractivity contribution in [2.75, 3.05) is 0 Å². The Bertz CT molecular complexity index is 450. The maximum absolute atomic E-state index is 10.7. The number of ether oxygens (including phenoxy) is 1. The summed E-state index contributed by atoms with van der Waals surface area (Å²) in [5.41, 5.74) is 0.865. The molecule has 2 rings (SSSR count). The first-order valence-electron chi connectivity index (χ1n) is 3.79. The fraction of sp³-hybridized carbons (Fsp3) is 0.111. The molecule has 0 aliphatic heterocycles. The normalized spacial score (nSPS) is 10.2. The standard InChI is InChI=1S/C9H7NO2S/c1-6(11)12-9-4-2-3-8-7(9)5-13-10-8/h2-5H,1H3. The van der Waals surface area contributed by atoms with Crippen LogP contribution < -0.4 is 4.74 Å². The van der Waals surface area contributed by atoms with Gasteiger partial charge in [0.15, 0.2) is 0 Å². The van der Waals surface area contributed by atoms with Crippen LogP contribution in [0.4, 0.5) is 0 Å². The maximum atomic E-state index is 10.7. The number of fused-ring (bicyclic) bond motifs is 1. The first kappa shape index (κ1) is 8.19. The Morgan fingerprint density at radius 1 is 1.54 bits per heavy atom. The first-order valence-corrected chi connectivity index (χ1v) is 4.62. The fourth-order valence-corrected chi connectivity index (χ4v) is 1.78. The van der Waals surface area contributed by atoms with Crippen LogP contribution in [0.1, 0.15) is 6.92 Å². The minimum Gasteiger partial charge on any atom is -0.426 e. The fourth-order valence-electron chi connectivity index (χ4n) is 1.11. The number of benzene rings is 1. The SMILES string of the molecule is CC(=O)Oc1cccc2nscc12. The minimum atomic E-state index is -0.307. The van der Waals surface area contributed by atoms with E-state index in [2.05, 4.69) is 4.37 Å². The molecule has 0 spiro atoms. The van der Waals surface area contributed by atoms with Crippen LogP contribution in [-0.2, 0) is 4.79 Å². The van der Waals surface area contributed by atoms with E-state index in [0.29, 0.717) is 5.75 Å². The average molecular weight is 193 g/mol. The molecule has 3 nitrogen and oxygen atoms in total. The summed E-state index contributed by atoms with van der Waals surface area (Å²) < 4.78 is 9.15. The van der Waals surface area contributed by atoms with Gasteiger partial charge in [0.05, 0.1) is 10.9 Å². The van der Waals surface area contributed by atoms with E-state index >= 15 is 0 Å². The van der Waals surface area contributed by atoms with E-state index in [9.17, 15) is 4.79 Å². The topological polar surface area (TPSA) is 39.2 Å². The molecule has 0 aliphatic carbocycles. The molecule has 1 aromatic heterocycles. The third kappa shape index (κ3) is 1.53. The summed E-state index contributed by atoms with van der Waals surface area (Å²) in [6.07, 6.45) is 0. The molecule has 1 heterocycles. The van der Waals surface area contributed by atoms with Gasteiger partial charge in [-0.05, 0) is 23.7 Å². The molecule has 1 aromatic carbocycles. The van der Waals surface area contributed by atoms with E-state index in [0.717, 1.165) is 10.9 Å². The number of esters is 1. The largest absolute Gasteiger partial charge is 0.426 e. The lowest BCUT2D eigenvalue weighted by Gasteiger charge is -2.00. The Balaban J connectivity index is 2.54. The lowest BCUT2D eigenvalue weighted by atomic mass is 10.2. The van der Waals surface area contributed by atoms with Crippen molar-refractivity contribution < 1.29 is 9.53 Å². The van der Waals surface area contributed by atoms with Gasteiger partial charge >= 0.3 is 5.97 Å². The van der Waals surface area contributed by atoms with Crippen molar-refractivity contribution in [3.8, 4) is 5.75 Å². The molecule has 0 amide bonds. The predicted molar refractivity (Wildman–Crippen MR) is 50.9 cm³/mol. The minimum absolute atomic E-state index is 0.307. The Morgan fingerprint density at radius 3 is 3.15 bits per heavy atom. The summed E-state index contributed by atoms with van der Waals surface area (Å²) in [7, 11) is 0. The molecule has 0 aliphatic rings. The zero-order valence-electron chi connectivity index (χ0n) is 6.98. The Kier molecular flexibility index (Phi) is 1.98. The van der Waals surface area contributed by atoms with Gasteiger partial charge in [0.1, 0.15) is 5.75 Å². The van der Waals surface area contributed by atoms with Crippen LogP contribution in [-0.4, -0.2) is 10.3 Å². The van der Waals surface area contributed by atoms with E-state index < -0.39 is 0 Å². The molecule has 4 heteroatoms. The van der Waals surface area contributed by atoms with Gasteiger partial charge in [-0.1, -0.05) is 6.07 Å². The summed E-state index contributed by atoms with van der Waals surface area (Å²) in [6.45, 7) is 1.39. The Hall–Kier alpha value is -1.42. The van der Waals surface area contributed by atoms with Gasteiger partial charge in [-0.2, -0.15) is 4.37 Å². The van der Waals surface area contributed by atoms with Crippen molar-refractivity contribution in [3.05, 3.63) is 23.6 Å². The average Bonchev–Trinajstić information content (AvgIpc) is 2.51. The second-order valence-electron chi connectivity index (χ2n) is 2.60. The zero-order chi connectivity index (χ0) is 9.26. The monoisotopic (exact) mass is 193 g/mol. The van der Waals surface area contributed by atoms with Crippen LogP contribution in [0.15, 0.2) is 23.6 Å². The number of aromatic nitrogens is 1. The molecular weight excluding hydrogens is 186 g/mol. The molecule has 0 unspecified atom stereocenters. The third-order valence-corrected chi connectivity index (χ3v) is 2.26. The Labute approximate surface area is 79.1 Å². The zero-order valence-corrected chi connectivity index (χ0v) is 7.80. The second-order valence-corrected chi connectivity index (χ2v) is 3.23. The second kappa shape index (κ2) is 3.14. The summed E-state index contributed by atoms with van der Waals surface area (Å²) in [5.74, 6) is 0.275. The van der Waals surface area contributed by atoms with Crippen LogP contribution in [0.5, 0.6) is 5.75 Å². The summed E-state index contributed by atoms with van der Waals surface area (Å²) in [4.78, 5) is 10.7. The van der Waals surface area contributed by atoms with Crippen LogP contribution in [0.25, 0.3) is 10.9 Å². The van der Waals surface area contributed by atoms with Crippen molar-refractivity contribution in [1.82, 2.24) is 4.37 Å². The number of carbonyl (C=O) groups excluding carboxylic acids is 1. The Morgan fingerprint density at radius 2 is 2.38 bits per heavy atom. The molecule has 0 fully saturated rings. The molecule has 66 valence electrons. The molecule has 0 radical (unpaired) electrons. The van der Waals surface area contributed by atoms with Gasteiger partial charge in [-0.25, -0.2) is 0 Å². The highest BCUT2D eigenvalue weighted by atomic mass is 32.1. The smallest absolute Gasteiger partial charge is 0.308 e. The molecule has 0 saturated heterocycles. The van der Waals surface area contributed by atoms with Crippen LogP contribution >= 0.6 is 11.5 Å². The maximum Gasteiger partial charge on any atom is 0.308 e. The predicted octanol–water partition coefficient (Wildman–Crippen LogP) is 2.22. The number of rotatable bonds is 1. The van der Waals surface area contributed by atoms with Gasteiger partial charge in [-0.15, -0.1) is 0 Å². The molecule has 0 bridgehead atoms. The van der Waals surface area contributed by atoms with Gasteiger partial charge in [-0.3, -0.25) is 4.79 Å². The van der Waals surface area contributed by atoms with E-state index in [1.165, 1.54) is 18.5 Å². The molecule has 0 N–H and O–H groups in total. The van der Waals surface area contributed by atoms with Crippen LogP contribution in [0, 0.1) is 0 Å². The first-order chi connectivity index (χ1) is 6.27. The summed E-state index contributed by atoms with van der Waals surface area (Å²) >= 11 is 1.35. The van der Waals surface area contributed by atoms with Crippen molar-refractivity contribution in [2.24, 2.45) is 0 Å².